The highest BCUT2D eigenvalue weighted by molar-refractivity contribution is 7.90. The molecule has 0 saturated heterocycles. The second-order valence-electron chi connectivity index (χ2n) is 6.86. The van der Waals surface area contributed by atoms with Crippen molar-refractivity contribution in [2.45, 2.75) is 17.2 Å². The van der Waals surface area contributed by atoms with Crippen LogP contribution in [0.4, 0.5) is 4.39 Å². The maximum atomic E-state index is 13.4. The maximum Gasteiger partial charge on any atom is 0.251 e. The van der Waals surface area contributed by atoms with E-state index >= 15 is 0 Å². The van der Waals surface area contributed by atoms with Gasteiger partial charge in [-0.05, 0) is 53.9 Å². The molecule has 1 unspecified atom stereocenters. The van der Waals surface area contributed by atoms with E-state index in [-0.39, 0.29) is 22.5 Å². The molecule has 1 amide bonds. The standard InChI is InChI=1S/C23H22FNO3S/c1-29(27,28)21-9-5-8-19(16-21)22(17-10-12-20(24)13-11-17)14-15-25-23(26)18-6-3-2-4-7-18/h2-13,16,22H,14-15H2,1H3,(H,25,26). The van der Waals surface area contributed by atoms with Crippen molar-refractivity contribution in [3.8, 4) is 0 Å². The van der Waals surface area contributed by atoms with Gasteiger partial charge in [0, 0.05) is 24.3 Å². The molecule has 150 valence electrons. The summed E-state index contributed by atoms with van der Waals surface area (Å²) in [6, 6.07) is 21.8. The van der Waals surface area contributed by atoms with Gasteiger partial charge in [-0.15, -0.1) is 0 Å². The van der Waals surface area contributed by atoms with Crippen molar-refractivity contribution in [1.82, 2.24) is 5.32 Å². The minimum absolute atomic E-state index is 0.173. The minimum atomic E-state index is -3.35. The number of amides is 1. The Balaban J connectivity index is 1.82. The summed E-state index contributed by atoms with van der Waals surface area (Å²) in [6.07, 6.45) is 1.70. The number of hydrogen-bond acceptors (Lipinski definition) is 3. The molecule has 0 fully saturated rings. The van der Waals surface area contributed by atoms with E-state index in [2.05, 4.69) is 5.32 Å². The van der Waals surface area contributed by atoms with Crippen LogP contribution in [0.3, 0.4) is 0 Å². The largest absolute Gasteiger partial charge is 0.352 e. The second-order valence-corrected chi connectivity index (χ2v) is 8.88. The lowest BCUT2D eigenvalue weighted by atomic mass is 9.88. The van der Waals surface area contributed by atoms with Gasteiger partial charge in [0.1, 0.15) is 5.82 Å². The second kappa shape index (κ2) is 9.01. The summed E-state index contributed by atoms with van der Waals surface area (Å²) in [4.78, 5) is 12.5. The summed E-state index contributed by atoms with van der Waals surface area (Å²) in [7, 11) is -3.35. The molecule has 6 heteroatoms. The van der Waals surface area contributed by atoms with Crippen LogP contribution < -0.4 is 5.32 Å². The molecule has 0 aromatic heterocycles. The number of carbonyl (C=O) groups is 1. The Morgan fingerprint density at radius 2 is 1.62 bits per heavy atom. The highest BCUT2D eigenvalue weighted by Gasteiger charge is 2.17. The Morgan fingerprint density at radius 1 is 0.931 bits per heavy atom. The Kier molecular flexibility index (Phi) is 6.44. The van der Waals surface area contributed by atoms with Crippen LogP contribution in [0.15, 0.2) is 83.8 Å². The highest BCUT2D eigenvalue weighted by atomic mass is 32.2. The Hall–Kier alpha value is -2.99. The fourth-order valence-electron chi connectivity index (χ4n) is 3.20. The van der Waals surface area contributed by atoms with Crippen molar-refractivity contribution in [3.05, 3.63) is 101 Å². The van der Waals surface area contributed by atoms with Crippen molar-refractivity contribution >= 4 is 15.7 Å². The van der Waals surface area contributed by atoms with Crippen molar-refractivity contribution in [2.24, 2.45) is 0 Å². The maximum absolute atomic E-state index is 13.4. The first-order chi connectivity index (χ1) is 13.8. The number of carbonyl (C=O) groups excluding carboxylic acids is 1. The van der Waals surface area contributed by atoms with Crippen LogP contribution in [-0.4, -0.2) is 27.1 Å². The molecule has 0 saturated carbocycles. The number of benzene rings is 3. The van der Waals surface area contributed by atoms with Gasteiger partial charge in [0.15, 0.2) is 9.84 Å². The molecule has 4 nitrogen and oxygen atoms in total. The van der Waals surface area contributed by atoms with E-state index in [9.17, 15) is 17.6 Å². The predicted octanol–water partition coefficient (Wildman–Crippen LogP) is 4.18. The molecule has 3 rings (SSSR count). The van der Waals surface area contributed by atoms with Gasteiger partial charge in [0.05, 0.1) is 4.90 Å². The van der Waals surface area contributed by atoms with Gasteiger partial charge < -0.3 is 5.32 Å². The molecule has 0 spiro atoms. The molecule has 29 heavy (non-hydrogen) atoms. The van der Waals surface area contributed by atoms with Gasteiger partial charge in [0.25, 0.3) is 5.91 Å². The zero-order chi connectivity index (χ0) is 20.9. The van der Waals surface area contributed by atoms with Crippen LogP contribution in [0.5, 0.6) is 0 Å². The molecule has 1 N–H and O–H groups in total. The fourth-order valence-corrected chi connectivity index (χ4v) is 3.88. The molecule has 1 atom stereocenters. The van der Waals surface area contributed by atoms with Crippen LogP contribution in [0.25, 0.3) is 0 Å². The van der Waals surface area contributed by atoms with Gasteiger partial charge in [-0.1, -0.05) is 42.5 Å². The van der Waals surface area contributed by atoms with E-state index in [0.29, 0.717) is 18.5 Å². The van der Waals surface area contributed by atoms with Crippen LogP contribution >= 0.6 is 0 Å². The molecular formula is C23H22FNO3S. The first-order valence-corrected chi connectivity index (χ1v) is 11.1. The lowest BCUT2D eigenvalue weighted by Crippen LogP contribution is -2.25. The van der Waals surface area contributed by atoms with Gasteiger partial charge in [-0.25, -0.2) is 12.8 Å². The van der Waals surface area contributed by atoms with Crippen molar-refractivity contribution in [2.75, 3.05) is 12.8 Å². The van der Waals surface area contributed by atoms with Crippen LogP contribution in [0.2, 0.25) is 0 Å². The average molecular weight is 411 g/mol. The summed E-state index contributed by atoms with van der Waals surface area (Å²) in [5.74, 6) is -0.698. The van der Waals surface area contributed by atoms with Gasteiger partial charge >= 0.3 is 0 Å². The number of hydrogen-bond donors (Lipinski definition) is 1. The van der Waals surface area contributed by atoms with Crippen molar-refractivity contribution in [1.29, 1.82) is 0 Å². The van der Waals surface area contributed by atoms with Gasteiger partial charge in [0.2, 0.25) is 0 Å². The quantitative estimate of drug-likeness (QED) is 0.634. The average Bonchev–Trinajstić information content (AvgIpc) is 2.72. The topological polar surface area (TPSA) is 63.2 Å². The summed E-state index contributed by atoms with van der Waals surface area (Å²) >= 11 is 0. The lowest BCUT2D eigenvalue weighted by Gasteiger charge is -2.19. The first-order valence-electron chi connectivity index (χ1n) is 9.23. The highest BCUT2D eigenvalue weighted by Crippen LogP contribution is 2.29. The minimum Gasteiger partial charge on any atom is -0.352 e. The molecule has 0 aliphatic rings. The third-order valence-electron chi connectivity index (χ3n) is 4.72. The van der Waals surface area contributed by atoms with Crippen LogP contribution in [0, 0.1) is 5.82 Å². The third kappa shape index (κ3) is 5.51. The summed E-state index contributed by atoms with van der Waals surface area (Å²) in [5, 5.41) is 2.89. The van der Waals surface area contributed by atoms with Crippen LogP contribution in [0.1, 0.15) is 33.8 Å². The van der Waals surface area contributed by atoms with E-state index in [1.54, 1.807) is 54.6 Å². The van der Waals surface area contributed by atoms with Crippen molar-refractivity contribution in [3.63, 3.8) is 0 Å². The smallest absolute Gasteiger partial charge is 0.251 e. The summed E-state index contributed by atoms with van der Waals surface area (Å²) in [5.41, 5.74) is 2.23. The molecule has 0 bridgehead atoms. The lowest BCUT2D eigenvalue weighted by molar-refractivity contribution is 0.0953. The summed E-state index contributed by atoms with van der Waals surface area (Å²) in [6.45, 7) is 0.388. The predicted molar refractivity (Wildman–Crippen MR) is 111 cm³/mol. The van der Waals surface area contributed by atoms with E-state index in [1.165, 1.54) is 18.4 Å². The molecular weight excluding hydrogens is 389 g/mol. The van der Waals surface area contributed by atoms with E-state index in [4.69, 9.17) is 0 Å². The molecule has 3 aromatic carbocycles. The number of rotatable bonds is 7. The summed E-state index contributed by atoms with van der Waals surface area (Å²) < 4.78 is 37.3. The van der Waals surface area contributed by atoms with E-state index in [0.717, 1.165) is 11.1 Å². The molecule has 0 aliphatic heterocycles. The van der Waals surface area contributed by atoms with Gasteiger partial charge in [-0.3, -0.25) is 4.79 Å². The number of halogens is 1. The Labute approximate surface area is 170 Å². The normalized spacial score (nSPS) is 12.3. The molecule has 0 heterocycles. The van der Waals surface area contributed by atoms with E-state index < -0.39 is 9.84 Å². The Morgan fingerprint density at radius 3 is 2.28 bits per heavy atom. The first kappa shape index (κ1) is 20.7. The molecule has 0 aliphatic carbocycles. The number of sulfone groups is 1. The van der Waals surface area contributed by atoms with E-state index in [1.807, 2.05) is 12.1 Å². The molecule has 0 radical (unpaired) electrons. The van der Waals surface area contributed by atoms with Crippen LogP contribution in [-0.2, 0) is 9.84 Å². The van der Waals surface area contributed by atoms with Crippen molar-refractivity contribution < 1.29 is 17.6 Å². The zero-order valence-corrected chi connectivity index (χ0v) is 16.8. The molecule has 3 aromatic rings. The third-order valence-corrected chi connectivity index (χ3v) is 5.83. The Bertz CT molecular complexity index is 1080. The monoisotopic (exact) mass is 411 g/mol. The number of nitrogens with one attached hydrogen (secondary N) is 1. The SMILES string of the molecule is CS(=O)(=O)c1cccc(C(CCNC(=O)c2ccccc2)c2ccc(F)cc2)c1. The van der Waals surface area contributed by atoms with Gasteiger partial charge in [-0.2, -0.15) is 0 Å². The fraction of sp³-hybridized carbons (Fsp3) is 0.174. The zero-order valence-electron chi connectivity index (χ0n) is 16.0.